The molecule has 4 nitrogen and oxygen atoms in total. The summed E-state index contributed by atoms with van der Waals surface area (Å²) in [5, 5.41) is 0.611. The van der Waals surface area contributed by atoms with Gasteiger partial charge < -0.3 is 15.2 Å². The molecule has 21 heavy (non-hydrogen) atoms. The molecule has 110 valence electrons. The maximum absolute atomic E-state index is 10.8. The van der Waals surface area contributed by atoms with Crippen molar-refractivity contribution in [3.8, 4) is 22.6 Å². The lowest BCUT2D eigenvalue weighted by atomic mass is 10.0. The topological polar surface area (TPSA) is 61.6 Å². The van der Waals surface area contributed by atoms with Gasteiger partial charge in [0.15, 0.2) is 6.61 Å². The van der Waals surface area contributed by atoms with Crippen LogP contribution in [0, 0.1) is 6.92 Å². The molecule has 0 aliphatic carbocycles. The molecule has 0 saturated carbocycles. The molecule has 5 heteroatoms. The van der Waals surface area contributed by atoms with Crippen molar-refractivity contribution in [3.05, 3.63) is 47.0 Å². The Hall–Kier alpha value is -2.20. The van der Waals surface area contributed by atoms with Gasteiger partial charge in [0.2, 0.25) is 0 Å². The predicted octanol–water partition coefficient (Wildman–Crippen LogP) is 3.19. The van der Waals surface area contributed by atoms with Crippen LogP contribution in [0.4, 0.5) is 0 Å². The Morgan fingerprint density at radius 1 is 1.24 bits per heavy atom. The van der Waals surface area contributed by atoms with Crippen LogP contribution in [0.15, 0.2) is 36.4 Å². The number of benzene rings is 2. The fourth-order valence-electron chi connectivity index (χ4n) is 2.07. The number of halogens is 1. The maximum Gasteiger partial charge on any atom is 0.255 e. The number of primary amides is 1. The van der Waals surface area contributed by atoms with Gasteiger partial charge in [-0.05, 0) is 42.3 Å². The van der Waals surface area contributed by atoms with E-state index in [0.717, 1.165) is 16.7 Å². The number of carbonyl (C=O) groups excluding carboxylic acids is 1. The summed E-state index contributed by atoms with van der Waals surface area (Å²) in [5.74, 6) is 0.808. The van der Waals surface area contributed by atoms with Gasteiger partial charge in [0.1, 0.15) is 11.5 Å². The Kier molecular flexibility index (Phi) is 4.70. The van der Waals surface area contributed by atoms with Crippen molar-refractivity contribution in [3.63, 3.8) is 0 Å². The first kappa shape index (κ1) is 15.2. The molecular formula is C16H16ClNO3. The largest absolute Gasteiger partial charge is 0.496 e. The van der Waals surface area contributed by atoms with Gasteiger partial charge in [0.25, 0.3) is 5.91 Å². The molecule has 0 saturated heterocycles. The van der Waals surface area contributed by atoms with Gasteiger partial charge in [0.05, 0.1) is 12.1 Å². The van der Waals surface area contributed by atoms with Crippen LogP contribution in [0.5, 0.6) is 11.5 Å². The highest BCUT2D eigenvalue weighted by atomic mass is 35.5. The minimum atomic E-state index is -0.508. The standard InChI is InChI=1S/C16H16ClNO3/c1-10-8-11(6-7-13(10)21-9-15(18)19)16-12(17)4-3-5-14(16)20-2/h3-8H,9H2,1-2H3,(H2,18,19). The second kappa shape index (κ2) is 6.50. The van der Waals surface area contributed by atoms with E-state index in [1.54, 1.807) is 13.2 Å². The molecule has 0 aliphatic heterocycles. The fourth-order valence-corrected chi connectivity index (χ4v) is 2.35. The average Bonchev–Trinajstić information content (AvgIpc) is 2.45. The monoisotopic (exact) mass is 305 g/mol. The molecule has 0 unspecified atom stereocenters. The second-order valence-electron chi connectivity index (χ2n) is 4.55. The summed E-state index contributed by atoms with van der Waals surface area (Å²) in [5.41, 5.74) is 7.70. The summed E-state index contributed by atoms with van der Waals surface area (Å²) in [7, 11) is 1.60. The fraction of sp³-hybridized carbons (Fsp3) is 0.188. The first-order valence-corrected chi connectivity index (χ1v) is 6.75. The number of nitrogens with two attached hydrogens (primary N) is 1. The van der Waals surface area contributed by atoms with E-state index in [-0.39, 0.29) is 6.61 Å². The van der Waals surface area contributed by atoms with E-state index in [0.29, 0.717) is 16.5 Å². The van der Waals surface area contributed by atoms with Crippen LogP contribution in [-0.2, 0) is 4.79 Å². The molecule has 2 aromatic carbocycles. The summed E-state index contributed by atoms with van der Waals surface area (Å²) < 4.78 is 10.7. The van der Waals surface area contributed by atoms with Crippen LogP contribution >= 0.6 is 11.6 Å². The first-order chi connectivity index (χ1) is 10.0. The lowest BCUT2D eigenvalue weighted by Crippen LogP contribution is -2.20. The van der Waals surface area contributed by atoms with Gasteiger partial charge in [-0.2, -0.15) is 0 Å². The molecule has 0 spiro atoms. The molecule has 0 aromatic heterocycles. The molecular weight excluding hydrogens is 290 g/mol. The molecule has 2 N–H and O–H groups in total. The number of amides is 1. The zero-order chi connectivity index (χ0) is 15.4. The number of hydrogen-bond donors (Lipinski definition) is 1. The molecule has 0 radical (unpaired) electrons. The Balaban J connectivity index is 2.39. The van der Waals surface area contributed by atoms with Crippen LogP contribution < -0.4 is 15.2 Å². The Labute approximate surface area is 128 Å². The van der Waals surface area contributed by atoms with Crippen molar-refractivity contribution in [2.75, 3.05) is 13.7 Å². The van der Waals surface area contributed by atoms with Crippen molar-refractivity contribution < 1.29 is 14.3 Å². The van der Waals surface area contributed by atoms with Gasteiger partial charge >= 0.3 is 0 Å². The SMILES string of the molecule is COc1cccc(Cl)c1-c1ccc(OCC(N)=O)c(C)c1. The van der Waals surface area contributed by atoms with Crippen molar-refractivity contribution in [1.29, 1.82) is 0 Å². The van der Waals surface area contributed by atoms with Crippen molar-refractivity contribution in [2.24, 2.45) is 5.73 Å². The number of aryl methyl sites for hydroxylation is 1. The Bertz CT molecular complexity index is 671. The van der Waals surface area contributed by atoms with E-state index in [1.807, 2.05) is 37.3 Å². The van der Waals surface area contributed by atoms with E-state index in [2.05, 4.69) is 0 Å². The van der Waals surface area contributed by atoms with Gasteiger partial charge in [-0.15, -0.1) is 0 Å². The van der Waals surface area contributed by atoms with Crippen LogP contribution in [0.2, 0.25) is 5.02 Å². The van der Waals surface area contributed by atoms with Crippen LogP contribution in [0.1, 0.15) is 5.56 Å². The Morgan fingerprint density at radius 2 is 2.00 bits per heavy atom. The van der Waals surface area contributed by atoms with Crippen LogP contribution in [0.25, 0.3) is 11.1 Å². The average molecular weight is 306 g/mol. The molecule has 0 fully saturated rings. The number of methoxy groups -OCH3 is 1. The minimum absolute atomic E-state index is 0.143. The van der Waals surface area contributed by atoms with E-state index < -0.39 is 5.91 Å². The van der Waals surface area contributed by atoms with Gasteiger partial charge in [-0.25, -0.2) is 0 Å². The minimum Gasteiger partial charge on any atom is -0.496 e. The third-order valence-corrected chi connectivity index (χ3v) is 3.34. The van der Waals surface area contributed by atoms with E-state index in [9.17, 15) is 4.79 Å². The highest BCUT2D eigenvalue weighted by Gasteiger charge is 2.12. The molecule has 0 bridgehead atoms. The van der Waals surface area contributed by atoms with Crippen LogP contribution in [0.3, 0.4) is 0 Å². The highest BCUT2D eigenvalue weighted by Crippen LogP contribution is 2.37. The molecule has 2 aromatic rings. The quantitative estimate of drug-likeness (QED) is 0.923. The normalized spacial score (nSPS) is 10.2. The van der Waals surface area contributed by atoms with Gasteiger partial charge in [-0.1, -0.05) is 23.7 Å². The lowest BCUT2D eigenvalue weighted by molar-refractivity contribution is -0.119. The highest BCUT2D eigenvalue weighted by molar-refractivity contribution is 6.33. The molecule has 0 atom stereocenters. The van der Waals surface area contributed by atoms with E-state index in [4.69, 9.17) is 26.8 Å². The first-order valence-electron chi connectivity index (χ1n) is 6.37. The molecule has 2 rings (SSSR count). The third kappa shape index (κ3) is 3.47. The summed E-state index contributed by atoms with van der Waals surface area (Å²) in [4.78, 5) is 10.8. The summed E-state index contributed by atoms with van der Waals surface area (Å²) in [6, 6.07) is 11.1. The van der Waals surface area contributed by atoms with Crippen molar-refractivity contribution in [1.82, 2.24) is 0 Å². The van der Waals surface area contributed by atoms with Gasteiger partial charge in [0, 0.05) is 5.56 Å². The Morgan fingerprint density at radius 3 is 2.62 bits per heavy atom. The van der Waals surface area contributed by atoms with E-state index in [1.165, 1.54) is 0 Å². The second-order valence-corrected chi connectivity index (χ2v) is 4.96. The molecule has 1 amide bonds. The smallest absolute Gasteiger partial charge is 0.255 e. The zero-order valence-electron chi connectivity index (χ0n) is 11.9. The third-order valence-electron chi connectivity index (χ3n) is 3.03. The molecule has 0 heterocycles. The number of carbonyl (C=O) groups is 1. The maximum atomic E-state index is 10.8. The van der Waals surface area contributed by atoms with Crippen LogP contribution in [-0.4, -0.2) is 19.6 Å². The predicted molar refractivity (Wildman–Crippen MR) is 82.9 cm³/mol. The number of hydrogen-bond acceptors (Lipinski definition) is 3. The summed E-state index contributed by atoms with van der Waals surface area (Å²) in [6.45, 7) is 1.75. The van der Waals surface area contributed by atoms with Crippen molar-refractivity contribution >= 4 is 17.5 Å². The number of ether oxygens (including phenoxy) is 2. The van der Waals surface area contributed by atoms with Crippen molar-refractivity contribution in [2.45, 2.75) is 6.92 Å². The number of rotatable bonds is 5. The zero-order valence-corrected chi connectivity index (χ0v) is 12.6. The van der Waals surface area contributed by atoms with Gasteiger partial charge in [-0.3, -0.25) is 4.79 Å². The molecule has 0 aliphatic rings. The summed E-state index contributed by atoms with van der Waals surface area (Å²) >= 11 is 6.27. The lowest BCUT2D eigenvalue weighted by Gasteiger charge is -2.13. The van der Waals surface area contributed by atoms with E-state index >= 15 is 0 Å². The summed E-state index contributed by atoms with van der Waals surface area (Å²) in [6.07, 6.45) is 0.